The third-order valence-electron chi connectivity index (χ3n) is 6.12. The van der Waals surface area contributed by atoms with Crippen LogP contribution in [0, 0.1) is 0 Å². The van der Waals surface area contributed by atoms with E-state index in [4.69, 9.17) is 0 Å². The molecule has 0 aliphatic carbocycles. The van der Waals surface area contributed by atoms with E-state index >= 15 is 0 Å². The second kappa shape index (κ2) is 9.07. The highest BCUT2D eigenvalue weighted by molar-refractivity contribution is 6.53. The number of benzene rings is 2. The van der Waals surface area contributed by atoms with Crippen molar-refractivity contribution in [2.75, 3.05) is 22.9 Å². The average Bonchev–Trinajstić information content (AvgIpc) is 3.20. The maximum Gasteiger partial charge on any atom is 0.417 e. The van der Waals surface area contributed by atoms with Crippen molar-refractivity contribution in [3.05, 3.63) is 58.7 Å². The molecule has 0 saturated heterocycles. The van der Waals surface area contributed by atoms with Crippen molar-refractivity contribution in [2.45, 2.75) is 38.0 Å². The zero-order valence-electron chi connectivity index (χ0n) is 18.5. The van der Waals surface area contributed by atoms with Crippen LogP contribution in [0.15, 0.2) is 36.4 Å². The number of unbranched alkanes of at least 4 members (excludes halogenated alkanes) is 3. The Kier molecular flexibility index (Phi) is 6.40. The topological polar surface area (TPSA) is 74.8 Å². The molecule has 0 N–H and O–H groups in total. The molecule has 2 aromatic carbocycles. The third kappa shape index (κ3) is 4.35. The van der Waals surface area contributed by atoms with Crippen molar-refractivity contribution in [1.29, 1.82) is 0 Å². The predicted molar refractivity (Wildman–Crippen MR) is 115 cm³/mol. The van der Waals surface area contributed by atoms with Gasteiger partial charge in [-0.1, -0.05) is 25.0 Å². The van der Waals surface area contributed by atoms with Crippen molar-refractivity contribution in [1.82, 2.24) is 0 Å². The molecule has 0 spiro atoms. The number of alkyl halides is 6. The van der Waals surface area contributed by atoms with Crippen LogP contribution in [0.5, 0.6) is 0 Å². The van der Waals surface area contributed by atoms with Crippen LogP contribution in [0.25, 0.3) is 0 Å². The fourth-order valence-corrected chi connectivity index (χ4v) is 4.50. The van der Waals surface area contributed by atoms with E-state index in [-0.39, 0.29) is 24.5 Å². The standard InChI is InChI=1S/C24H18F6N2O4/c25-23(26,27)13-7-5-9-15-17(13)19(33)21(35)31(15)11-3-1-2-4-12-32-16-10-6-8-14(24(28,29)30)18(16)20(34)22(32)36/h5-10H,1-4,11-12H2. The molecule has 2 aliphatic rings. The van der Waals surface area contributed by atoms with E-state index in [9.17, 15) is 45.5 Å². The number of fused-ring (bicyclic) bond motifs is 2. The number of halogens is 6. The molecular weight excluding hydrogens is 494 g/mol. The Morgan fingerprint density at radius 2 is 0.917 bits per heavy atom. The first-order valence-corrected chi connectivity index (χ1v) is 11.0. The normalized spacial score (nSPS) is 15.7. The highest BCUT2D eigenvalue weighted by atomic mass is 19.4. The van der Waals surface area contributed by atoms with Crippen molar-refractivity contribution in [3.63, 3.8) is 0 Å². The number of rotatable bonds is 7. The monoisotopic (exact) mass is 512 g/mol. The molecule has 12 heteroatoms. The number of nitrogens with zero attached hydrogens (tertiary/aromatic N) is 2. The van der Waals surface area contributed by atoms with Crippen molar-refractivity contribution in [2.24, 2.45) is 0 Å². The van der Waals surface area contributed by atoms with E-state index in [1.165, 1.54) is 12.1 Å². The maximum atomic E-state index is 13.2. The number of carbonyl (C=O) groups excluding carboxylic acids is 4. The van der Waals surface area contributed by atoms with E-state index in [2.05, 4.69) is 0 Å². The summed E-state index contributed by atoms with van der Waals surface area (Å²) in [6.45, 7) is -0.00438. The summed E-state index contributed by atoms with van der Waals surface area (Å²) in [7, 11) is 0. The van der Waals surface area contributed by atoms with E-state index in [0.29, 0.717) is 25.7 Å². The highest BCUT2D eigenvalue weighted by Crippen LogP contribution is 2.41. The van der Waals surface area contributed by atoms with Gasteiger partial charge in [-0.25, -0.2) is 0 Å². The molecule has 36 heavy (non-hydrogen) atoms. The fourth-order valence-electron chi connectivity index (χ4n) is 4.50. The molecule has 0 saturated carbocycles. The Morgan fingerprint density at radius 3 is 1.25 bits per heavy atom. The van der Waals surface area contributed by atoms with Crippen molar-refractivity contribution < 1.29 is 45.5 Å². The summed E-state index contributed by atoms with van der Waals surface area (Å²) >= 11 is 0. The van der Waals surface area contributed by atoms with E-state index in [0.717, 1.165) is 34.1 Å². The van der Waals surface area contributed by atoms with Crippen LogP contribution in [-0.4, -0.2) is 36.5 Å². The molecule has 0 aromatic heterocycles. The molecule has 2 heterocycles. The van der Waals surface area contributed by atoms with Gasteiger partial charge >= 0.3 is 12.4 Å². The van der Waals surface area contributed by atoms with Crippen LogP contribution in [0.3, 0.4) is 0 Å². The van der Waals surface area contributed by atoms with Gasteiger partial charge in [0.15, 0.2) is 0 Å². The summed E-state index contributed by atoms with van der Waals surface area (Å²) in [4.78, 5) is 50.9. The van der Waals surface area contributed by atoms with Gasteiger partial charge in [-0.2, -0.15) is 26.3 Å². The average molecular weight is 512 g/mol. The molecule has 2 aliphatic heterocycles. The van der Waals surface area contributed by atoms with Gasteiger partial charge in [-0.3, -0.25) is 19.2 Å². The Balaban J connectivity index is 1.35. The molecular formula is C24H18F6N2O4. The number of hydrogen-bond donors (Lipinski definition) is 0. The van der Waals surface area contributed by atoms with E-state index in [1.54, 1.807) is 0 Å². The Labute approximate surface area is 200 Å². The molecule has 190 valence electrons. The van der Waals surface area contributed by atoms with E-state index < -0.39 is 58.0 Å². The molecule has 2 amide bonds. The largest absolute Gasteiger partial charge is 0.417 e. The predicted octanol–water partition coefficient (Wildman–Crippen LogP) is 5.04. The van der Waals surface area contributed by atoms with Crippen LogP contribution in [-0.2, 0) is 21.9 Å². The fraction of sp³-hybridized carbons (Fsp3) is 0.333. The van der Waals surface area contributed by atoms with Crippen LogP contribution in [0.4, 0.5) is 37.7 Å². The van der Waals surface area contributed by atoms with Gasteiger partial charge < -0.3 is 9.80 Å². The second-order valence-electron chi connectivity index (χ2n) is 8.38. The maximum absolute atomic E-state index is 13.2. The zero-order valence-corrected chi connectivity index (χ0v) is 18.5. The van der Waals surface area contributed by atoms with Crippen molar-refractivity contribution >= 4 is 34.8 Å². The SMILES string of the molecule is O=C1C(=O)N(CCCCCCN2C(=O)C(=O)c3c2cccc3C(F)(F)F)c2cccc(C(F)(F)F)c21. The molecule has 6 nitrogen and oxygen atoms in total. The smallest absolute Gasteiger partial charge is 0.305 e. The lowest BCUT2D eigenvalue weighted by Gasteiger charge is -2.18. The zero-order chi connectivity index (χ0) is 26.4. The minimum absolute atomic E-state index is 0.00219. The van der Waals surface area contributed by atoms with Gasteiger partial charge in [0.2, 0.25) is 0 Å². The molecule has 0 bridgehead atoms. The summed E-state index contributed by atoms with van der Waals surface area (Å²) in [5.74, 6) is -4.51. The summed E-state index contributed by atoms with van der Waals surface area (Å²) in [5.41, 5.74) is -3.86. The van der Waals surface area contributed by atoms with Gasteiger partial charge in [-0.15, -0.1) is 0 Å². The minimum Gasteiger partial charge on any atom is -0.305 e. The molecule has 4 rings (SSSR count). The molecule has 0 fully saturated rings. The van der Waals surface area contributed by atoms with Crippen LogP contribution in [0.2, 0.25) is 0 Å². The first-order valence-electron chi connectivity index (χ1n) is 11.0. The highest BCUT2D eigenvalue weighted by Gasteiger charge is 2.45. The van der Waals surface area contributed by atoms with Crippen molar-refractivity contribution in [3.8, 4) is 0 Å². The number of ketones is 2. The van der Waals surface area contributed by atoms with Crippen LogP contribution in [0.1, 0.15) is 57.5 Å². The van der Waals surface area contributed by atoms with E-state index in [1.807, 2.05) is 0 Å². The Morgan fingerprint density at radius 1 is 0.556 bits per heavy atom. The quantitative estimate of drug-likeness (QED) is 0.296. The molecule has 0 atom stereocenters. The van der Waals surface area contributed by atoms with Gasteiger partial charge in [0.1, 0.15) is 0 Å². The minimum atomic E-state index is -4.79. The number of amides is 2. The first-order chi connectivity index (χ1) is 16.8. The van der Waals surface area contributed by atoms with Gasteiger partial charge in [0.05, 0.1) is 33.6 Å². The van der Waals surface area contributed by atoms with Crippen LogP contribution < -0.4 is 9.80 Å². The number of Topliss-reactive ketones (excluding diaryl/α,β-unsaturated/α-hetero) is 2. The third-order valence-corrected chi connectivity index (χ3v) is 6.12. The lowest BCUT2D eigenvalue weighted by Crippen LogP contribution is -2.31. The number of carbonyl (C=O) groups is 4. The van der Waals surface area contributed by atoms with Gasteiger partial charge in [-0.05, 0) is 37.1 Å². The Bertz CT molecular complexity index is 1170. The summed E-state index contributed by atoms with van der Waals surface area (Å²) in [5, 5.41) is 0. The first kappa shape index (κ1) is 25.4. The molecule has 2 aromatic rings. The second-order valence-corrected chi connectivity index (χ2v) is 8.38. The number of hydrogen-bond acceptors (Lipinski definition) is 4. The summed E-state index contributed by atoms with van der Waals surface area (Å²) < 4.78 is 79.4. The lowest BCUT2D eigenvalue weighted by molar-refractivity contribution is -0.138. The molecule has 0 unspecified atom stereocenters. The summed E-state index contributed by atoms with van der Waals surface area (Å²) in [6, 6.07) is 6.28. The Hall–Kier alpha value is -3.70. The van der Waals surface area contributed by atoms with Crippen LogP contribution >= 0.6 is 0 Å². The number of anilines is 2. The van der Waals surface area contributed by atoms with Gasteiger partial charge in [0, 0.05) is 13.1 Å². The summed E-state index contributed by atoms with van der Waals surface area (Å²) in [6.07, 6.45) is -8.00. The lowest BCUT2D eigenvalue weighted by atomic mass is 10.0. The van der Waals surface area contributed by atoms with Gasteiger partial charge in [0.25, 0.3) is 23.4 Å². The molecule has 0 radical (unpaired) electrons.